The molecule has 1 atom stereocenters. The standard InChI is InChI=1S/C19H28N2O4S/c1-4-19(2,3)11-8-9-12-13(10-11)26-18(16(12)17(20)25)21-14(22)6-5-7-15(23)24/h11H,4-10H2,1-3H3,(H2,20,25)(H,21,22)(H,23,24)/p-1/t11-/m0/s1. The molecule has 2 rings (SSSR count). The minimum absolute atomic E-state index is 0.0697. The van der Waals surface area contributed by atoms with Crippen LogP contribution in [0.3, 0.4) is 0 Å². The Morgan fingerprint density at radius 1 is 1.31 bits per heavy atom. The van der Waals surface area contributed by atoms with E-state index in [1.54, 1.807) is 0 Å². The van der Waals surface area contributed by atoms with Crippen LogP contribution >= 0.6 is 11.3 Å². The minimum Gasteiger partial charge on any atom is -0.550 e. The first-order valence-electron chi connectivity index (χ1n) is 9.09. The Hall–Kier alpha value is -1.89. The Bertz CT molecular complexity index is 709. The van der Waals surface area contributed by atoms with Gasteiger partial charge in [0.25, 0.3) is 5.91 Å². The van der Waals surface area contributed by atoms with Crippen molar-refractivity contribution in [1.29, 1.82) is 0 Å². The second-order valence-electron chi connectivity index (χ2n) is 7.63. The predicted octanol–water partition coefficient (Wildman–Crippen LogP) is 2.25. The third kappa shape index (κ3) is 4.63. The molecule has 0 fully saturated rings. The monoisotopic (exact) mass is 379 g/mol. The van der Waals surface area contributed by atoms with Crippen LogP contribution in [0.5, 0.6) is 0 Å². The first kappa shape index (κ1) is 20.4. The number of fused-ring (bicyclic) bond motifs is 1. The van der Waals surface area contributed by atoms with E-state index in [0.29, 0.717) is 16.5 Å². The molecular formula is C19H27N2O4S-. The van der Waals surface area contributed by atoms with Crippen LogP contribution in [0, 0.1) is 11.3 Å². The minimum atomic E-state index is -1.17. The van der Waals surface area contributed by atoms with Crippen molar-refractivity contribution in [2.24, 2.45) is 17.1 Å². The lowest BCUT2D eigenvalue weighted by Gasteiger charge is -2.36. The number of hydrogen-bond acceptors (Lipinski definition) is 5. The van der Waals surface area contributed by atoms with Gasteiger partial charge in [-0.2, -0.15) is 0 Å². The first-order valence-corrected chi connectivity index (χ1v) is 9.91. The molecule has 1 aliphatic carbocycles. The second-order valence-corrected chi connectivity index (χ2v) is 8.73. The molecule has 0 unspecified atom stereocenters. The maximum atomic E-state index is 12.1. The number of carboxylic acids is 1. The SMILES string of the molecule is CCC(C)(C)[C@H]1CCc2c(sc(NC(=O)CCCC(=O)[O-])c2C(N)=O)C1. The van der Waals surface area contributed by atoms with Gasteiger partial charge in [-0.25, -0.2) is 0 Å². The normalized spacial score (nSPS) is 16.8. The van der Waals surface area contributed by atoms with E-state index < -0.39 is 11.9 Å². The van der Waals surface area contributed by atoms with Crippen molar-refractivity contribution < 1.29 is 19.5 Å². The smallest absolute Gasteiger partial charge is 0.251 e. The summed E-state index contributed by atoms with van der Waals surface area (Å²) in [5, 5.41) is 13.7. The van der Waals surface area contributed by atoms with Crippen molar-refractivity contribution in [2.75, 3.05) is 5.32 Å². The number of rotatable bonds is 8. The average molecular weight is 380 g/mol. The highest BCUT2D eigenvalue weighted by molar-refractivity contribution is 7.17. The molecule has 1 heterocycles. The lowest BCUT2D eigenvalue weighted by Crippen LogP contribution is -2.29. The fourth-order valence-electron chi connectivity index (χ4n) is 3.47. The summed E-state index contributed by atoms with van der Waals surface area (Å²) in [5.74, 6) is -1.48. The Balaban J connectivity index is 2.18. The highest BCUT2D eigenvalue weighted by Gasteiger charge is 2.34. The molecule has 2 amide bonds. The average Bonchev–Trinajstić information content (AvgIpc) is 2.91. The zero-order valence-corrected chi connectivity index (χ0v) is 16.5. The quantitative estimate of drug-likeness (QED) is 0.721. The largest absolute Gasteiger partial charge is 0.550 e. The number of thiophene rings is 1. The van der Waals surface area contributed by atoms with E-state index in [0.717, 1.165) is 36.1 Å². The van der Waals surface area contributed by atoms with Gasteiger partial charge in [-0.05, 0) is 49.0 Å². The lowest BCUT2D eigenvalue weighted by molar-refractivity contribution is -0.305. The van der Waals surface area contributed by atoms with Crippen LogP contribution in [0.25, 0.3) is 0 Å². The number of primary amides is 1. The number of carboxylic acid groups (broad SMARTS) is 1. The maximum absolute atomic E-state index is 12.1. The number of anilines is 1. The van der Waals surface area contributed by atoms with Gasteiger partial charge >= 0.3 is 0 Å². The van der Waals surface area contributed by atoms with Crippen molar-refractivity contribution in [1.82, 2.24) is 0 Å². The van der Waals surface area contributed by atoms with Crippen LogP contribution < -0.4 is 16.2 Å². The van der Waals surface area contributed by atoms with Gasteiger partial charge in [-0.1, -0.05) is 27.2 Å². The van der Waals surface area contributed by atoms with Gasteiger partial charge in [0, 0.05) is 17.3 Å². The Kier molecular flexibility index (Phi) is 6.44. The molecule has 0 saturated carbocycles. The number of amides is 2. The third-order valence-electron chi connectivity index (χ3n) is 5.57. The molecule has 1 aromatic heterocycles. The molecule has 0 aromatic carbocycles. The molecule has 0 bridgehead atoms. The number of nitrogens with one attached hydrogen (secondary N) is 1. The zero-order valence-electron chi connectivity index (χ0n) is 15.6. The molecular weight excluding hydrogens is 352 g/mol. The van der Waals surface area contributed by atoms with Gasteiger partial charge in [0.1, 0.15) is 5.00 Å². The molecule has 0 aliphatic heterocycles. The van der Waals surface area contributed by atoms with Crippen LogP contribution in [-0.2, 0) is 22.4 Å². The molecule has 0 radical (unpaired) electrons. The molecule has 3 N–H and O–H groups in total. The van der Waals surface area contributed by atoms with Gasteiger partial charge < -0.3 is 21.0 Å². The molecule has 1 aliphatic rings. The van der Waals surface area contributed by atoms with E-state index in [1.165, 1.54) is 11.3 Å². The van der Waals surface area contributed by atoms with Crippen LogP contribution in [0.15, 0.2) is 0 Å². The maximum Gasteiger partial charge on any atom is 0.251 e. The fraction of sp³-hybridized carbons (Fsp3) is 0.632. The van der Waals surface area contributed by atoms with Gasteiger partial charge in [-0.15, -0.1) is 11.3 Å². The topological polar surface area (TPSA) is 112 Å². The van der Waals surface area contributed by atoms with Crippen LogP contribution in [0.1, 0.15) is 73.7 Å². The summed E-state index contributed by atoms with van der Waals surface area (Å²) in [7, 11) is 0. The van der Waals surface area contributed by atoms with Gasteiger partial charge in [0.2, 0.25) is 5.91 Å². The fourth-order valence-corrected chi connectivity index (χ4v) is 4.82. The molecule has 26 heavy (non-hydrogen) atoms. The van der Waals surface area contributed by atoms with E-state index in [4.69, 9.17) is 5.73 Å². The number of nitrogens with two attached hydrogens (primary N) is 1. The van der Waals surface area contributed by atoms with E-state index in [9.17, 15) is 19.5 Å². The van der Waals surface area contributed by atoms with Crippen LogP contribution in [0.4, 0.5) is 5.00 Å². The second kappa shape index (κ2) is 8.20. The Labute approximate surface area is 158 Å². The van der Waals surface area contributed by atoms with E-state index in [1.807, 2.05) is 0 Å². The summed E-state index contributed by atoms with van der Waals surface area (Å²) < 4.78 is 0. The summed E-state index contributed by atoms with van der Waals surface area (Å²) in [6, 6.07) is 0. The molecule has 1 aromatic rings. The van der Waals surface area contributed by atoms with Crippen LogP contribution in [-0.4, -0.2) is 17.8 Å². The van der Waals surface area contributed by atoms with Gasteiger partial charge in [-0.3, -0.25) is 9.59 Å². The van der Waals surface area contributed by atoms with Crippen molar-refractivity contribution >= 4 is 34.1 Å². The number of aliphatic carboxylic acids is 1. The summed E-state index contributed by atoms with van der Waals surface area (Å²) >= 11 is 1.43. The molecule has 6 nitrogen and oxygen atoms in total. The number of carbonyl (C=O) groups is 3. The predicted molar refractivity (Wildman–Crippen MR) is 99.9 cm³/mol. The summed E-state index contributed by atoms with van der Waals surface area (Å²) in [5.41, 5.74) is 7.19. The summed E-state index contributed by atoms with van der Waals surface area (Å²) in [4.78, 5) is 35.6. The van der Waals surface area contributed by atoms with E-state index in [-0.39, 0.29) is 30.6 Å². The highest BCUT2D eigenvalue weighted by Crippen LogP contribution is 2.45. The molecule has 0 saturated heterocycles. The van der Waals surface area contributed by atoms with E-state index in [2.05, 4.69) is 26.1 Å². The molecule has 7 heteroatoms. The number of hydrogen-bond donors (Lipinski definition) is 2. The van der Waals surface area contributed by atoms with Crippen molar-refractivity contribution in [3.8, 4) is 0 Å². The lowest BCUT2D eigenvalue weighted by atomic mass is 9.69. The Morgan fingerprint density at radius 2 is 2.00 bits per heavy atom. The zero-order chi connectivity index (χ0) is 19.5. The van der Waals surface area contributed by atoms with Gasteiger partial charge in [0.05, 0.1) is 5.56 Å². The third-order valence-corrected chi connectivity index (χ3v) is 6.74. The van der Waals surface area contributed by atoms with Crippen molar-refractivity contribution in [3.63, 3.8) is 0 Å². The van der Waals surface area contributed by atoms with Crippen LogP contribution in [0.2, 0.25) is 0 Å². The first-order chi connectivity index (χ1) is 12.2. The Morgan fingerprint density at radius 3 is 2.58 bits per heavy atom. The highest BCUT2D eigenvalue weighted by atomic mass is 32.1. The van der Waals surface area contributed by atoms with E-state index >= 15 is 0 Å². The molecule has 144 valence electrons. The van der Waals surface area contributed by atoms with Crippen molar-refractivity contribution in [2.45, 2.75) is 65.7 Å². The van der Waals surface area contributed by atoms with Gasteiger partial charge in [0.15, 0.2) is 0 Å². The summed E-state index contributed by atoms with van der Waals surface area (Å²) in [6.07, 6.45) is 3.89. The summed E-state index contributed by atoms with van der Waals surface area (Å²) in [6.45, 7) is 6.73. The number of carbonyl (C=O) groups excluding carboxylic acids is 3. The van der Waals surface area contributed by atoms with Crippen molar-refractivity contribution in [3.05, 3.63) is 16.0 Å². The molecule has 0 spiro atoms.